The summed E-state index contributed by atoms with van der Waals surface area (Å²) >= 11 is 8.47. The number of primary amides is 1. The van der Waals surface area contributed by atoms with Gasteiger partial charge in [-0.15, -0.1) is 11.3 Å². The average Bonchev–Trinajstić information content (AvgIpc) is 3.45. The van der Waals surface area contributed by atoms with Crippen molar-refractivity contribution in [2.45, 2.75) is 96.7 Å². The number of hydrogen-bond acceptors (Lipinski definition) is 12. The maximum Gasteiger partial charge on any atom is 0.408 e. The van der Waals surface area contributed by atoms with Crippen LogP contribution < -0.4 is 31.2 Å². The van der Waals surface area contributed by atoms with Gasteiger partial charge in [0.15, 0.2) is 5.13 Å². The number of pyridine rings is 1. The minimum absolute atomic E-state index is 0.0216. The number of hydrogen-bond donors (Lipinski definition) is 4. The summed E-state index contributed by atoms with van der Waals surface area (Å²) in [6, 6.07) is 3.69. The van der Waals surface area contributed by atoms with Gasteiger partial charge in [-0.25, -0.2) is 14.8 Å². The van der Waals surface area contributed by atoms with Gasteiger partial charge in [0.05, 0.1) is 37.0 Å². The van der Waals surface area contributed by atoms with E-state index in [1.165, 1.54) is 22.7 Å². The number of likely N-dealkylation sites (tertiary alicyclic amines) is 1. The summed E-state index contributed by atoms with van der Waals surface area (Å²) in [5, 5.41) is 13.1. The van der Waals surface area contributed by atoms with Crippen molar-refractivity contribution in [3.8, 4) is 22.9 Å². The largest absolute Gasteiger partial charge is 0.490 e. The number of thiazole rings is 1. The lowest BCUT2D eigenvalue weighted by atomic mass is 9.85. The molecule has 7 atom stereocenters. The molecule has 2 aliphatic heterocycles. The van der Waals surface area contributed by atoms with E-state index in [0.717, 1.165) is 24.5 Å². The van der Waals surface area contributed by atoms with Crippen molar-refractivity contribution in [2.24, 2.45) is 23.0 Å². The van der Waals surface area contributed by atoms with Gasteiger partial charge in [0.25, 0.3) is 0 Å². The van der Waals surface area contributed by atoms with Gasteiger partial charge in [-0.2, -0.15) is 0 Å². The molecular weight excluding hydrogens is 734 g/mol. The minimum Gasteiger partial charge on any atom is -0.490 e. The number of halogens is 1. The molecule has 1 unspecified atom stereocenters. The molecule has 4 fully saturated rings. The molecule has 54 heavy (non-hydrogen) atoms. The standard InChI is InChI=1S/C38H50ClN7O7S/c1-19(2)42-36-44-27(18-54-36)26-14-30(25-6-7-29(31(39)32(25)43-26)51-17-22-16-50-9-8-41-22)52-24-13-28(34(40)47)46(15-24)35(48)33(38(3,4)5)45-37(49)53-23-11-20-10-21(20)12-23/h6-7,14,18-24,28,33,41H,8-13,15-17H2,1-5H3,(H2,40,47)(H,42,44)(H,45,49)/t20-,21+,22-,23?,24-,28+,33-/m1/s1. The lowest BCUT2D eigenvalue weighted by Crippen LogP contribution is -2.57. The molecule has 2 aromatic heterocycles. The van der Waals surface area contributed by atoms with Crippen LogP contribution >= 0.6 is 22.9 Å². The van der Waals surface area contributed by atoms with E-state index in [4.69, 9.17) is 46.3 Å². The van der Waals surface area contributed by atoms with Crippen LogP contribution in [0.5, 0.6) is 11.5 Å². The zero-order chi connectivity index (χ0) is 38.3. The summed E-state index contributed by atoms with van der Waals surface area (Å²) in [6.07, 6.45) is 1.67. The first-order valence-electron chi connectivity index (χ1n) is 18.8. The smallest absolute Gasteiger partial charge is 0.408 e. The van der Waals surface area contributed by atoms with Crippen LogP contribution in [-0.2, 0) is 19.1 Å². The number of benzene rings is 1. The van der Waals surface area contributed by atoms with Gasteiger partial charge in [0, 0.05) is 35.8 Å². The molecule has 7 rings (SSSR count). The Bertz CT molecular complexity index is 1870. The van der Waals surface area contributed by atoms with Gasteiger partial charge < -0.3 is 45.5 Å². The number of rotatable bonds is 12. The van der Waals surface area contributed by atoms with E-state index in [0.29, 0.717) is 70.5 Å². The molecular formula is C38H50ClN7O7S. The van der Waals surface area contributed by atoms with Crippen molar-refractivity contribution >= 4 is 56.9 Å². The molecule has 1 aromatic carbocycles. The van der Waals surface area contributed by atoms with Crippen molar-refractivity contribution in [3.63, 3.8) is 0 Å². The van der Waals surface area contributed by atoms with Crippen LogP contribution in [0.25, 0.3) is 22.3 Å². The number of ether oxygens (including phenoxy) is 4. The first-order chi connectivity index (χ1) is 25.7. The molecule has 4 aliphatic rings. The quantitative estimate of drug-likeness (QED) is 0.195. The van der Waals surface area contributed by atoms with E-state index in [9.17, 15) is 14.4 Å². The molecule has 0 bridgehead atoms. The zero-order valence-electron chi connectivity index (χ0n) is 31.4. The van der Waals surface area contributed by atoms with Crippen LogP contribution in [0.3, 0.4) is 0 Å². The van der Waals surface area contributed by atoms with Gasteiger partial charge in [-0.1, -0.05) is 32.4 Å². The lowest BCUT2D eigenvalue weighted by molar-refractivity contribution is -0.141. The third kappa shape index (κ3) is 8.64. The fraction of sp³-hybridized carbons (Fsp3) is 0.605. The number of alkyl carbamates (subject to hydrolysis) is 1. The highest BCUT2D eigenvalue weighted by molar-refractivity contribution is 7.14. The fourth-order valence-electron chi connectivity index (χ4n) is 7.62. The summed E-state index contributed by atoms with van der Waals surface area (Å²) in [5.41, 5.74) is 6.81. The van der Waals surface area contributed by atoms with E-state index >= 15 is 0 Å². The van der Waals surface area contributed by atoms with Gasteiger partial charge in [0.2, 0.25) is 11.8 Å². The van der Waals surface area contributed by atoms with Crippen molar-refractivity contribution in [3.05, 3.63) is 28.6 Å². The van der Waals surface area contributed by atoms with E-state index in [1.54, 1.807) is 12.1 Å². The third-order valence-electron chi connectivity index (χ3n) is 10.5. The molecule has 3 aromatic rings. The molecule has 3 amide bonds. The Kier molecular flexibility index (Phi) is 11.1. The maximum atomic E-state index is 14.3. The van der Waals surface area contributed by atoms with E-state index in [-0.39, 0.29) is 31.2 Å². The highest BCUT2D eigenvalue weighted by atomic mass is 35.5. The van der Waals surface area contributed by atoms with E-state index in [2.05, 4.69) is 16.0 Å². The fourth-order valence-corrected chi connectivity index (χ4v) is 8.73. The lowest BCUT2D eigenvalue weighted by Gasteiger charge is -2.35. The molecule has 0 radical (unpaired) electrons. The molecule has 2 saturated heterocycles. The second-order valence-corrected chi connectivity index (χ2v) is 17.5. The van der Waals surface area contributed by atoms with E-state index < -0.39 is 41.5 Å². The van der Waals surface area contributed by atoms with Gasteiger partial charge in [0.1, 0.15) is 53.1 Å². The molecule has 292 valence electrons. The molecule has 16 heteroatoms. The van der Waals surface area contributed by atoms with Crippen LogP contribution in [0.4, 0.5) is 9.93 Å². The number of amides is 3. The Morgan fingerprint density at radius 1 is 1.09 bits per heavy atom. The molecule has 2 aliphatic carbocycles. The summed E-state index contributed by atoms with van der Waals surface area (Å²) in [5.74, 6) is 1.10. The Morgan fingerprint density at radius 3 is 2.56 bits per heavy atom. The second-order valence-electron chi connectivity index (χ2n) is 16.2. The van der Waals surface area contributed by atoms with Crippen molar-refractivity contribution < 1.29 is 33.3 Å². The van der Waals surface area contributed by atoms with E-state index in [1.807, 2.05) is 46.1 Å². The number of nitrogens with one attached hydrogen (secondary N) is 3. The Hall–Kier alpha value is -3.92. The van der Waals surface area contributed by atoms with Crippen LogP contribution in [0.15, 0.2) is 23.6 Å². The van der Waals surface area contributed by atoms with Gasteiger partial charge >= 0.3 is 6.09 Å². The number of fused-ring (bicyclic) bond motifs is 2. The number of carbonyl (C=O) groups is 3. The molecule has 2 saturated carbocycles. The highest BCUT2D eigenvalue weighted by Crippen LogP contribution is 2.52. The normalized spacial score (nSPS) is 25.6. The number of morpholine rings is 1. The minimum atomic E-state index is -0.971. The average molecular weight is 784 g/mol. The number of carbonyl (C=O) groups excluding carboxylic acids is 3. The first-order valence-corrected chi connectivity index (χ1v) is 20.0. The van der Waals surface area contributed by atoms with Gasteiger partial charge in [-0.3, -0.25) is 9.59 Å². The molecule has 5 N–H and O–H groups in total. The maximum absolute atomic E-state index is 14.3. The number of nitrogens with two attached hydrogens (primary N) is 1. The summed E-state index contributed by atoms with van der Waals surface area (Å²) < 4.78 is 24.1. The number of aromatic nitrogens is 2. The number of nitrogens with zero attached hydrogens (tertiary/aromatic N) is 3. The van der Waals surface area contributed by atoms with Crippen LogP contribution in [0, 0.1) is 17.3 Å². The Balaban J connectivity index is 1.14. The number of anilines is 1. The van der Waals surface area contributed by atoms with Gasteiger partial charge in [-0.05, 0) is 62.5 Å². The molecule has 14 nitrogen and oxygen atoms in total. The molecule has 0 spiro atoms. The summed E-state index contributed by atoms with van der Waals surface area (Å²) in [7, 11) is 0. The van der Waals surface area contributed by atoms with Crippen molar-refractivity contribution in [1.29, 1.82) is 0 Å². The monoisotopic (exact) mass is 783 g/mol. The topological polar surface area (TPSA) is 179 Å². The Labute approximate surface area is 324 Å². The second kappa shape index (κ2) is 15.7. The van der Waals surface area contributed by atoms with Crippen molar-refractivity contribution in [2.75, 3.05) is 38.2 Å². The highest BCUT2D eigenvalue weighted by Gasteiger charge is 2.48. The predicted molar refractivity (Wildman–Crippen MR) is 206 cm³/mol. The Morgan fingerprint density at radius 2 is 1.87 bits per heavy atom. The van der Waals surface area contributed by atoms with Crippen LogP contribution in [0.2, 0.25) is 5.02 Å². The van der Waals surface area contributed by atoms with Crippen LogP contribution in [0.1, 0.15) is 60.3 Å². The van der Waals surface area contributed by atoms with Crippen molar-refractivity contribution in [1.82, 2.24) is 25.5 Å². The summed E-state index contributed by atoms with van der Waals surface area (Å²) in [4.78, 5) is 51.3. The predicted octanol–water partition coefficient (Wildman–Crippen LogP) is 4.97. The first kappa shape index (κ1) is 38.4. The SMILES string of the molecule is CC(C)Nc1nc(-c2cc(O[C@@H]3C[C@@H](C(N)=O)N(C(=O)[C@@H](NC(=O)OC4C[C@@H]5C[C@@H]5C4)C(C)(C)C)C3)c3ccc(OC[C@H]4COCCN4)c(Cl)c3n2)cs1. The van der Waals surface area contributed by atoms with Crippen LogP contribution in [-0.4, -0.2) is 102 Å². The molecule has 4 heterocycles. The third-order valence-corrected chi connectivity index (χ3v) is 11.6. The zero-order valence-corrected chi connectivity index (χ0v) is 32.9. The summed E-state index contributed by atoms with van der Waals surface area (Å²) in [6.45, 7) is 12.0.